The molecule has 0 radical (unpaired) electrons. The maximum atomic E-state index is 4.40. The molecule has 0 unspecified atom stereocenters. The van der Waals surface area contributed by atoms with Crippen LogP contribution in [0.3, 0.4) is 0 Å². The second kappa shape index (κ2) is 7.84. The summed E-state index contributed by atoms with van der Waals surface area (Å²) >= 11 is 0. The Balaban J connectivity index is 1.60. The first-order chi connectivity index (χ1) is 15.2. The van der Waals surface area contributed by atoms with Gasteiger partial charge in [0.2, 0.25) is 0 Å². The highest BCUT2D eigenvalue weighted by atomic mass is 15.2. The molecule has 152 valence electrons. The van der Waals surface area contributed by atoms with Crippen molar-refractivity contribution >= 4 is 11.4 Å². The van der Waals surface area contributed by atoms with E-state index < -0.39 is 0 Å². The average molecular weight is 404 g/mol. The number of hydrogen-bond acceptors (Lipinski definition) is 3. The molecule has 0 fully saturated rings. The van der Waals surface area contributed by atoms with Gasteiger partial charge in [-0.15, -0.1) is 0 Å². The Morgan fingerprint density at radius 2 is 1.35 bits per heavy atom. The van der Waals surface area contributed by atoms with Gasteiger partial charge in [-0.25, -0.2) is 0 Å². The van der Waals surface area contributed by atoms with Crippen LogP contribution in [0.2, 0.25) is 0 Å². The van der Waals surface area contributed by atoms with Crippen LogP contribution in [0.5, 0.6) is 0 Å². The molecule has 1 N–H and O–H groups in total. The average Bonchev–Trinajstić information content (AvgIpc) is 3.05. The van der Waals surface area contributed by atoms with E-state index >= 15 is 0 Å². The molecule has 0 saturated carbocycles. The molecule has 0 aliphatic heterocycles. The Kier molecular flexibility index (Phi) is 4.87. The van der Waals surface area contributed by atoms with E-state index in [0.717, 1.165) is 11.4 Å². The van der Waals surface area contributed by atoms with Crippen molar-refractivity contribution < 1.29 is 0 Å². The molecular weight excluding hydrogens is 378 g/mol. The highest BCUT2D eigenvalue weighted by Crippen LogP contribution is 2.53. The molecule has 4 aromatic rings. The van der Waals surface area contributed by atoms with Gasteiger partial charge in [-0.3, -0.25) is 0 Å². The predicted molar refractivity (Wildman–Crippen MR) is 129 cm³/mol. The third-order valence-corrected chi connectivity index (χ3v) is 6.10. The summed E-state index contributed by atoms with van der Waals surface area (Å²) in [6.45, 7) is 5.02. The first-order valence-corrected chi connectivity index (χ1v) is 10.7. The normalized spacial score (nSPS) is 13.7. The molecule has 0 atom stereocenters. The third-order valence-electron chi connectivity index (χ3n) is 6.10. The van der Waals surface area contributed by atoms with Crippen LogP contribution in [0, 0.1) is 0 Å². The Labute approximate surface area is 183 Å². The number of anilines is 1. The van der Waals surface area contributed by atoms with Gasteiger partial charge in [0, 0.05) is 16.5 Å². The van der Waals surface area contributed by atoms with E-state index in [1.807, 2.05) is 30.3 Å². The number of benzene rings is 4. The quantitative estimate of drug-likeness (QED) is 0.339. The maximum absolute atomic E-state index is 4.40. The summed E-state index contributed by atoms with van der Waals surface area (Å²) in [5, 5.41) is 12.4. The van der Waals surface area contributed by atoms with Crippen molar-refractivity contribution in [3.8, 4) is 22.3 Å². The van der Waals surface area contributed by atoms with Gasteiger partial charge in [0.15, 0.2) is 0 Å². The number of rotatable bonds is 5. The highest BCUT2D eigenvalue weighted by Gasteiger charge is 2.37. The van der Waals surface area contributed by atoms with Crippen LogP contribution in [0.15, 0.2) is 107 Å². The van der Waals surface area contributed by atoms with E-state index in [1.165, 1.54) is 33.4 Å². The largest absolute Gasteiger partial charge is 0.364 e. The third kappa shape index (κ3) is 3.42. The van der Waals surface area contributed by atoms with E-state index in [2.05, 4.69) is 96.1 Å². The van der Waals surface area contributed by atoms with Gasteiger partial charge in [0.05, 0.1) is 11.4 Å². The Morgan fingerprint density at radius 3 is 2.13 bits per heavy atom. The molecule has 3 nitrogen and oxygen atoms in total. The van der Waals surface area contributed by atoms with Gasteiger partial charge in [-0.05, 0) is 34.4 Å². The van der Waals surface area contributed by atoms with Crippen LogP contribution < -0.4 is 5.32 Å². The summed E-state index contributed by atoms with van der Waals surface area (Å²) in [6.07, 6.45) is 0. The first-order valence-electron chi connectivity index (χ1n) is 10.7. The molecule has 1 aliphatic carbocycles. The van der Waals surface area contributed by atoms with Crippen molar-refractivity contribution in [1.82, 2.24) is 0 Å². The van der Waals surface area contributed by atoms with Crippen LogP contribution in [0.25, 0.3) is 22.3 Å². The summed E-state index contributed by atoms with van der Waals surface area (Å²) in [5.74, 6) is 0. The topological polar surface area (TPSA) is 36.8 Å². The van der Waals surface area contributed by atoms with Crippen LogP contribution in [0.1, 0.15) is 25.0 Å². The summed E-state index contributed by atoms with van der Waals surface area (Å²) in [4.78, 5) is 0. The zero-order valence-corrected chi connectivity index (χ0v) is 17.8. The van der Waals surface area contributed by atoms with E-state index in [0.29, 0.717) is 6.67 Å². The minimum absolute atomic E-state index is 0.0386. The summed E-state index contributed by atoms with van der Waals surface area (Å²) < 4.78 is 0. The molecule has 0 spiro atoms. The first kappa shape index (κ1) is 19.3. The molecular formula is C28H25N3. The molecule has 4 aromatic carbocycles. The Hall–Kier alpha value is -3.72. The van der Waals surface area contributed by atoms with Crippen molar-refractivity contribution in [2.45, 2.75) is 19.3 Å². The number of fused-ring (bicyclic) bond motifs is 3. The Morgan fingerprint density at radius 1 is 0.677 bits per heavy atom. The van der Waals surface area contributed by atoms with Gasteiger partial charge in [0.1, 0.15) is 6.67 Å². The predicted octanol–water partition coefficient (Wildman–Crippen LogP) is 7.81. The lowest BCUT2D eigenvalue weighted by Gasteiger charge is -2.22. The van der Waals surface area contributed by atoms with Gasteiger partial charge < -0.3 is 5.32 Å². The zero-order valence-electron chi connectivity index (χ0n) is 17.8. The fourth-order valence-corrected chi connectivity index (χ4v) is 4.56. The van der Waals surface area contributed by atoms with Crippen molar-refractivity contribution in [2.24, 2.45) is 10.2 Å². The van der Waals surface area contributed by atoms with E-state index in [-0.39, 0.29) is 5.41 Å². The van der Waals surface area contributed by atoms with E-state index in [9.17, 15) is 0 Å². The van der Waals surface area contributed by atoms with Gasteiger partial charge in [-0.2, -0.15) is 10.2 Å². The van der Waals surface area contributed by atoms with E-state index in [1.54, 1.807) is 0 Å². The number of azo groups is 1. The van der Waals surface area contributed by atoms with Gasteiger partial charge >= 0.3 is 0 Å². The van der Waals surface area contributed by atoms with Gasteiger partial charge in [0.25, 0.3) is 0 Å². The van der Waals surface area contributed by atoms with Crippen molar-refractivity contribution in [2.75, 3.05) is 12.0 Å². The molecule has 1 aliphatic rings. The van der Waals surface area contributed by atoms with Crippen LogP contribution in [-0.2, 0) is 5.41 Å². The molecule has 0 aromatic heterocycles. The number of nitrogens with one attached hydrogen (secondary N) is 1. The number of hydrogen-bond donors (Lipinski definition) is 1. The lowest BCUT2D eigenvalue weighted by molar-refractivity contribution is 0.660. The van der Waals surface area contributed by atoms with Crippen LogP contribution in [0.4, 0.5) is 11.4 Å². The molecule has 3 heteroatoms. The lowest BCUT2D eigenvalue weighted by Crippen LogP contribution is -2.15. The maximum Gasteiger partial charge on any atom is 0.129 e. The molecule has 5 rings (SSSR count). The molecule has 0 amide bonds. The number of nitrogens with zero attached hydrogens (tertiary/aromatic N) is 2. The zero-order chi connectivity index (χ0) is 21.3. The summed E-state index contributed by atoms with van der Waals surface area (Å²) in [7, 11) is 0. The molecule has 31 heavy (non-hydrogen) atoms. The fourth-order valence-electron chi connectivity index (χ4n) is 4.56. The fraction of sp³-hybridized carbons (Fsp3) is 0.143. The molecule has 0 heterocycles. The second-order valence-electron chi connectivity index (χ2n) is 8.36. The van der Waals surface area contributed by atoms with Crippen molar-refractivity contribution in [3.05, 3.63) is 108 Å². The smallest absolute Gasteiger partial charge is 0.129 e. The molecule has 0 saturated heterocycles. The van der Waals surface area contributed by atoms with Crippen LogP contribution in [-0.4, -0.2) is 6.67 Å². The monoisotopic (exact) mass is 403 g/mol. The minimum atomic E-state index is -0.0386. The lowest BCUT2D eigenvalue weighted by atomic mass is 9.82. The Bertz CT molecular complexity index is 1240. The van der Waals surface area contributed by atoms with Gasteiger partial charge in [-0.1, -0.05) is 98.8 Å². The van der Waals surface area contributed by atoms with Crippen molar-refractivity contribution in [3.63, 3.8) is 0 Å². The van der Waals surface area contributed by atoms with E-state index in [4.69, 9.17) is 0 Å². The summed E-state index contributed by atoms with van der Waals surface area (Å²) in [6, 6.07) is 33.6. The summed E-state index contributed by atoms with van der Waals surface area (Å²) in [5.41, 5.74) is 9.59. The molecule has 0 bridgehead atoms. The minimum Gasteiger partial charge on any atom is -0.364 e. The second-order valence-corrected chi connectivity index (χ2v) is 8.36. The highest BCUT2D eigenvalue weighted by molar-refractivity contribution is 5.97. The SMILES string of the molecule is CC1(C)c2ccccc2-c2c1ccc(-c1ccccc1)c2NCN=Nc1ccccc1. The standard InChI is InChI=1S/C28H25N3/c1-28(2)24-16-10-9-15-23(24)26-25(28)18-17-22(20-11-5-3-6-12-20)27(26)29-19-30-31-21-13-7-4-8-14-21/h3-18,29H,19H2,1-2H3. The van der Waals surface area contributed by atoms with Crippen LogP contribution >= 0.6 is 0 Å². The van der Waals surface area contributed by atoms with Crippen molar-refractivity contribution in [1.29, 1.82) is 0 Å².